The number of piperidine rings is 1. The Labute approximate surface area is 172 Å². The number of fused-ring (bicyclic) bond motifs is 1. The van der Waals surface area contributed by atoms with Crippen molar-refractivity contribution in [3.05, 3.63) is 29.8 Å². The first-order valence-corrected chi connectivity index (χ1v) is 10.2. The van der Waals surface area contributed by atoms with Crippen molar-refractivity contribution in [3.8, 4) is 0 Å². The third-order valence-electron chi connectivity index (χ3n) is 5.52. The van der Waals surface area contributed by atoms with Crippen LogP contribution in [0.1, 0.15) is 66.0 Å². The predicted molar refractivity (Wildman–Crippen MR) is 112 cm³/mol. The lowest BCUT2D eigenvalue weighted by molar-refractivity contribution is -0.141. The van der Waals surface area contributed by atoms with Crippen LogP contribution >= 0.6 is 0 Å². The van der Waals surface area contributed by atoms with Crippen LogP contribution in [-0.2, 0) is 14.4 Å². The van der Waals surface area contributed by atoms with E-state index in [4.69, 9.17) is 0 Å². The van der Waals surface area contributed by atoms with Crippen LogP contribution in [0.5, 0.6) is 0 Å². The van der Waals surface area contributed by atoms with E-state index in [-0.39, 0.29) is 29.1 Å². The molecular formula is C22H32N4O3. The molecule has 0 spiro atoms. The summed E-state index contributed by atoms with van der Waals surface area (Å²) < 4.78 is 0. The summed E-state index contributed by atoms with van der Waals surface area (Å²) in [4.78, 5) is 39.8. The number of rotatable bonds is 3. The molecule has 1 atom stereocenters. The summed E-state index contributed by atoms with van der Waals surface area (Å²) in [5.41, 5.74) is 1.21. The van der Waals surface area contributed by atoms with Gasteiger partial charge in [0.05, 0.1) is 0 Å². The number of para-hydroxylation sites is 1. The Morgan fingerprint density at radius 1 is 1.03 bits per heavy atom. The molecule has 0 aliphatic carbocycles. The summed E-state index contributed by atoms with van der Waals surface area (Å²) in [6.45, 7) is 12.2. The van der Waals surface area contributed by atoms with Crippen molar-refractivity contribution in [2.75, 3.05) is 4.90 Å². The molecule has 3 amide bonds. The second-order valence-corrected chi connectivity index (χ2v) is 9.74. The molecule has 7 nitrogen and oxygen atoms in total. The average molecular weight is 401 g/mol. The summed E-state index contributed by atoms with van der Waals surface area (Å²) in [5, 5.41) is 9.06. The van der Waals surface area contributed by atoms with Crippen LogP contribution < -0.4 is 20.9 Å². The summed E-state index contributed by atoms with van der Waals surface area (Å²) in [6, 6.07) is 6.37. The fourth-order valence-corrected chi connectivity index (χ4v) is 4.89. The largest absolute Gasteiger partial charge is 0.345 e. The number of carbonyl (C=O) groups is 3. The van der Waals surface area contributed by atoms with Crippen molar-refractivity contribution in [1.29, 1.82) is 0 Å². The number of hydrogen-bond acceptors (Lipinski definition) is 4. The van der Waals surface area contributed by atoms with Crippen LogP contribution in [-0.4, -0.2) is 40.9 Å². The monoisotopic (exact) mass is 400 g/mol. The molecule has 2 aliphatic heterocycles. The Bertz CT molecular complexity index is 815. The number of amides is 3. The number of hydrogen-bond donors (Lipinski definition) is 3. The van der Waals surface area contributed by atoms with Gasteiger partial charge in [-0.05, 0) is 60.5 Å². The average Bonchev–Trinajstić information content (AvgIpc) is 2.84. The molecule has 3 N–H and O–H groups in total. The van der Waals surface area contributed by atoms with Crippen LogP contribution in [0, 0.1) is 0 Å². The van der Waals surface area contributed by atoms with Gasteiger partial charge >= 0.3 is 11.8 Å². The fraction of sp³-hybridized carbons (Fsp3) is 0.591. The van der Waals surface area contributed by atoms with E-state index in [0.29, 0.717) is 0 Å². The standard InChI is InChI=1S/C22H32N4O3/c1-13(2)26-16-10-8-7-9-15(16)17(20(26)29)24-19(28)18(27)23-14-11-21(3,4)25-22(5,6)12-14/h7-10,13-14,17,25H,11-12H2,1-6H3,(H,23,27)(H,24,28)/t17-/m0/s1. The molecule has 0 radical (unpaired) electrons. The second-order valence-electron chi connectivity index (χ2n) is 9.74. The quantitative estimate of drug-likeness (QED) is 0.677. The van der Waals surface area contributed by atoms with Gasteiger partial charge < -0.3 is 20.9 Å². The number of benzene rings is 1. The van der Waals surface area contributed by atoms with Gasteiger partial charge in [-0.15, -0.1) is 0 Å². The van der Waals surface area contributed by atoms with Gasteiger partial charge in [0, 0.05) is 34.4 Å². The number of anilines is 1. The van der Waals surface area contributed by atoms with E-state index in [9.17, 15) is 14.4 Å². The van der Waals surface area contributed by atoms with Crippen LogP contribution in [0.25, 0.3) is 0 Å². The molecular weight excluding hydrogens is 368 g/mol. The van der Waals surface area contributed by atoms with E-state index >= 15 is 0 Å². The highest BCUT2D eigenvalue weighted by atomic mass is 16.2. The van der Waals surface area contributed by atoms with Crippen molar-refractivity contribution in [1.82, 2.24) is 16.0 Å². The maximum Gasteiger partial charge on any atom is 0.310 e. The summed E-state index contributed by atoms with van der Waals surface area (Å²) in [5.74, 6) is -1.69. The van der Waals surface area contributed by atoms with Gasteiger partial charge in [-0.25, -0.2) is 0 Å². The van der Waals surface area contributed by atoms with E-state index in [1.54, 1.807) is 4.90 Å². The van der Waals surface area contributed by atoms with Gasteiger partial charge in [-0.3, -0.25) is 14.4 Å². The van der Waals surface area contributed by atoms with E-state index in [1.165, 1.54) is 0 Å². The van der Waals surface area contributed by atoms with Crippen LogP contribution in [0.4, 0.5) is 5.69 Å². The fourth-order valence-electron chi connectivity index (χ4n) is 4.89. The highest BCUT2D eigenvalue weighted by molar-refractivity contribution is 6.35. The first-order valence-electron chi connectivity index (χ1n) is 10.2. The Kier molecular flexibility index (Phi) is 5.47. The Hall–Kier alpha value is -2.41. The highest BCUT2D eigenvalue weighted by Crippen LogP contribution is 2.37. The normalized spacial score (nSPS) is 23.1. The smallest absolute Gasteiger partial charge is 0.310 e. The van der Waals surface area contributed by atoms with Crippen molar-refractivity contribution in [2.24, 2.45) is 0 Å². The van der Waals surface area contributed by atoms with Crippen LogP contribution in [0.2, 0.25) is 0 Å². The molecule has 2 heterocycles. The molecule has 0 unspecified atom stereocenters. The molecule has 3 rings (SSSR count). The molecule has 1 saturated heterocycles. The summed E-state index contributed by atoms with van der Waals surface area (Å²) in [7, 11) is 0. The lowest BCUT2D eigenvalue weighted by atomic mass is 9.79. The Morgan fingerprint density at radius 2 is 1.59 bits per heavy atom. The Morgan fingerprint density at radius 3 is 2.17 bits per heavy atom. The zero-order chi connectivity index (χ0) is 21.6. The number of nitrogens with one attached hydrogen (secondary N) is 3. The molecule has 0 saturated carbocycles. The first-order chi connectivity index (χ1) is 13.4. The highest BCUT2D eigenvalue weighted by Gasteiger charge is 2.41. The first kappa shape index (κ1) is 21.3. The van der Waals surface area contributed by atoms with Crippen molar-refractivity contribution < 1.29 is 14.4 Å². The van der Waals surface area contributed by atoms with Gasteiger partial charge in [0.15, 0.2) is 0 Å². The van der Waals surface area contributed by atoms with Gasteiger partial charge in [-0.2, -0.15) is 0 Å². The van der Waals surface area contributed by atoms with Crippen LogP contribution in [0.15, 0.2) is 24.3 Å². The predicted octanol–water partition coefficient (Wildman–Crippen LogP) is 2.02. The molecule has 29 heavy (non-hydrogen) atoms. The maximum absolute atomic E-state index is 12.9. The third-order valence-corrected chi connectivity index (χ3v) is 5.52. The minimum atomic E-state index is -0.840. The van der Waals surface area contributed by atoms with E-state index in [2.05, 4.69) is 43.6 Å². The van der Waals surface area contributed by atoms with Gasteiger partial charge in [-0.1, -0.05) is 18.2 Å². The zero-order valence-electron chi connectivity index (χ0n) is 18.1. The second kappa shape index (κ2) is 7.44. The van der Waals surface area contributed by atoms with Crippen molar-refractivity contribution in [2.45, 2.75) is 83.6 Å². The minimum absolute atomic E-state index is 0.0430. The maximum atomic E-state index is 12.9. The molecule has 7 heteroatoms. The third kappa shape index (κ3) is 4.45. The van der Waals surface area contributed by atoms with Gasteiger partial charge in [0.2, 0.25) is 0 Å². The van der Waals surface area contributed by atoms with E-state index in [0.717, 1.165) is 24.1 Å². The SMILES string of the molecule is CC(C)N1C(=O)[C@@H](NC(=O)C(=O)NC2CC(C)(C)NC(C)(C)C2)c2ccccc21. The Balaban J connectivity index is 1.70. The van der Waals surface area contributed by atoms with E-state index in [1.807, 2.05) is 38.1 Å². The zero-order valence-corrected chi connectivity index (χ0v) is 18.1. The molecule has 1 aromatic carbocycles. The number of nitrogens with zero attached hydrogens (tertiary/aromatic N) is 1. The minimum Gasteiger partial charge on any atom is -0.345 e. The molecule has 0 bridgehead atoms. The summed E-state index contributed by atoms with van der Waals surface area (Å²) >= 11 is 0. The van der Waals surface area contributed by atoms with Crippen molar-refractivity contribution in [3.63, 3.8) is 0 Å². The topological polar surface area (TPSA) is 90.5 Å². The summed E-state index contributed by atoms with van der Waals surface area (Å²) in [6.07, 6.45) is 1.45. The molecule has 0 aromatic heterocycles. The lowest BCUT2D eigenvalue weighted by Gasteiger charge is -2.46. The van der Waals surface area contributed by atoms with Crippen molar-refractivity contribution >= 4 is 23.4 Å². The molecule has 1 fully saturated rings. The molecule has 158 valence electrons. The molecule has 1 aromatic rings. The number of carbonyl (C=O) groups excluding carboxylic acids is 3. The molecule has 2 aliphatic rings. The van der Waals surface area contributed by atoms with Gasteiger partial charge in [0.25, 0.3) is 5.91 Å². The van der Waals surface area contributed by atoms with Gasteiger partial charge in [0.1, 0.15) is 6.04 Å². The van der Waals surface area contributed by atoms with E-state index < -0.39 is 17.9 Å². The lowest BCUT2D eigenvalue weighted by Crippen LogP contribution is -2.63. The van der Waals surface area contributed by atoms with Crippen LogP contribution in [0.3, 0.4) is 0 Å².